The van der Waals surface area contributed by atoms with Crippen LogP contribution in [0.3, 0.4) is 0 Å². The van der Waals surface area contributed by atoms with E-state index < -0.39 is 22.3 Å². The van der Waals surface area contributed by atoms with Crippen LogP contribution in [0, 0.1) is 0 Å². The highest BCUT2D eigenvalue weighted by Gasteiger charge is 2.61. The summed E-state index contributed by atoms with van der Waals surface area (Å²) in [4.78, 5) is 1.89. The molecule has 0 saturated heterocycles. The minimum absolute atomic E-state index is 0.103. The van der Waals surface area contributed by atoms with Gasteiger partial charge in [-0.1, -0.05) is 0 Å². The summed E-state index contributed by atoms with van der Waals surface area (Å²) < 4.78 is 34.3. The summed E-state index contributed by atoms with van der Waals surface area (Å²) in [5.41, 5.74) is 0. The smallest absolute Gasteiger partial charge is 0.203 e. The van der Waals surface area contributed by atoms with Gasteiger partial charge in [-0.25, -0.2) is 4.90 Å². The van der Waals surface area contributed by atoms with E-state index in [-0.39, 0.29) is 13.2 Å². The maximum atomic E-state index is 9.69. The van der Waals surface area contributed by atoms with Gasteiger partial charge in [-0.3, -0.25) is 0 Å². The van der Waals surface area contributed by atoms with Crippen LogP contribution >= 0.6 is 0 Å². The number of rotatable bonds is 12. The van der Waals surface area contributed by atoms with Crippen LogP contribution in [0.25, 0.3) is 0 Å². The number of hydrogen-bond donors (Lipinski definition) is 1. The molecule has 0 rings (SSSR count). The molecular formula is C14H35NO7Si2. The van der Waals surface area contributed by atoms with Crippen molar-refractivity contribution in [2.45, 2.75) is 36.1 Å². The molecular weight excluding hydrogens is 350 g/mol. The highest BCUT2D eigenvalue weighted by molar-refractivity contribution is 6.18. The molecule has 0 spiro atoms. The summed E-state index contributed by atoms with van der Waals surface area (Å²) in [6.07, 6.45) is 0. The Morgan fingerprint density at radius 1 is 0.708 bits per heavy atom. The van der Waals surface area contributed by atoms with Crippen molar-refractivity contribution < 1.29 is 33.5 Å². The zero-order valence-corrected chi connectivity index (χ0v) is 20.8. The topological polar surface area (TPSA) is 78.9 Å². The minimum atomic E-state index is -1.08. The molecule has 0 bridgehead atoms. The number of ether oxygens (including phenoxy) is 6. The van der Waals surface area contributed by atoms with Gasteiger partial charge in [0, 0.05) is 49.2 Å². The van der Waals surface area contributed by atoms with Crippen LogP contribution in [0.4, 0.5) is 0 Å². The van der Waals surface area contributed by atoms with Gasteiger partial charge in [0.1, 0.15) is 0 Å². The van der Waals surface area contributed by atoms with E-state index in [1.165, 1.54) is 0 Å². The van der Waals surface area contributed by atoms with Crippen LogP contribution in [0.1, 0.15) is 13.8 Å². The molecule has 0 heterocycles. The van der Waals surface area contributed by atoms with E-state index >= 15 is 0 Å². The van der Waals surface area contributed by atoms with E-state index in [9.17, 15) is 5.11 Å². The predicted octanol–water partition coefficient (Wildman–Crippen LogP) is -2.37. The summed E-state index contributed by atoms with van der Waals surface area (Å²) in [7, 11) is 10.4. The summed E-state index contributed by atoms with van der Waals surface area (Å²) >= 11 is 0. The summed E-state index contributed by atoms with van der Waals surface area (Å²) in [6.45, 7) is 3.75. The Morgan fingerprint density at radius 3 is 1.17 bits per heavy atom. The first-order chi connectivity index (χ1) is 11.1. The van der Waals surface area contributed by atoms with E-state index in [0.29, 0.717) is 20.5 Å². The van der Waals surface area contributed by atoms with Crippen LogP contribution in [-0.4, -0.2) is 109 Å². The van der Waals surface area contributed by atoms with E-state index in [1.807, 2.05) is 4.90 Å². The molecule has 8 nitrogen and oxygen atoms in total. The molecule has 146 valence electrons. The lowest BCUT2D eigenvalue weighted by Gasteiger charge is -2.59. The molecule has 1 N–H and O–H groups in total. The second-order valence-corrected chi connectivity index (χ2v) is 8.67. The fourth-order valence-electron chi connectivity index (χ4n) is 2.94. The monoisotopic (exact) mass is 385 g/mol. The Kier molecular flexibility index (Phi) is 9.21. The minimum Gasteiger partial charge on any atom is -0.395 e. The quantitative estimate of drug-likeness (QED) is 0.295. The van der Waals surface area contributed by atoms with Crippen molar-refractivity contribution in [1.82, 2.24) is 4.90 Å². The van der Waals surface area contributed by atoms with Crippen molar-refractivity contribution in [2.24, 2.45) is 0 Å². The standard InChI is InChI=1S/C14H35NO7Si2/c1-11(17-3,18-4)13(23,21-7)15(9-10-16)14(24,22-8)12(2,19-5)20-6/h16H,9-10H2,1-8,23-24H3. The van der Waals surface area contributed by atoms with Crippen molar-refractivity contribution >= 4 is 20.5 Å². The second kappa shape index (κ2) is 9.17. The van der Waals surface area contributed by atoms with Crippen LogP contribution in [-0.2, 0) is 28.4 Å². The Labute approximate surface area is 151 Å². The SMILES string of the molecule is COC(C)(OC)C([SiH3])(OC)N(CCO)C([SiH3])(OC)C(C)(OC)OC. The van der Waals surface area contributed by atoms with Gasteiger partial charge in [0.2, 0.25) is 11.6 Å². The Hall–Kier alpha value is 0.114. The van der Waals surface area contributed by atoms with Gasteiger partial charge < -0.3 is 33.5 Å². The van der Waals surface area contributed by atoms with Gasteiger partial charge in [-0.05, 0) is 13.8 Å². The number of nitrogens with zero attached hydrogens (tertiary/aromatic N) is 1. The molecule has 0 aromatic heterocycles. The van der Waals surface area contributed by atoms with E-state index in [2.05, 4.69) is 0 Å². The molecule has 0 aliphatic rings. The van der Waals surface area contributed by atoms with E-state index in [4.69, 9.17) is 28.4 Å². The molecule has 2 atom stereocenters. The molecule has 0 amide bonds. The number of methoxy groups -OCH3 is 6. The average Bonchev–Trinajstić information content (AvgIpc) is 2.62. The third-order valence-electron chi connectivity index (χ3n) is 5.39. The van der Waals surface area contributed by atoms with Gasteiger partial charge in [0.05, 0.1) is 27.1 Å². The molecule has 0 saturated carbocycles. The zero-order valence-electron chi connectivity index (χ0n) is 16.8. The largest absolute Gasteiger partial charge is 0.395 e. The molecule has 24 heavy (non-hydrogen) atoms. The van der Waals surface area contributed by atoms with Crippen molar-refractivity contribution in [3.63, 3.8) is 0 Å². The molecule has 0 radical (unpaired) electrons. The normalized spacial score (nSPS) is 18.8. The summed E-state index contributed by atoms with van der Waals surface area (Å²) in [5.74, 6) is -2.17. The highest BCUT2D eigenvalue weighted by Crippen LogP contribution is 2.40. The van der Waals surface area contributed by atoms with Crippen molar-refractivity contribution in [3.05, 3.63) is 0 Å². The highest BCUT2D eigenvalue weighted by atomic mass is 28.2. The number of hydrogen-bond acceptors (Lipinski definition) is 8. The fraction of sp³-hybridized carbons (Fsp3) is 1.00. The zero-order chi connectivity index (χ0) is 19.2. The predicted molar refractivity (Wildman–Crippen MR) is 98.0 cm³/mol. The van der Waals surface area contributed by atoms with Gasteiger partial charge in [-0.2, -0.15) is 0 Å². The summed E-state index contributed by atoms with van der Waals surface area (Å²) in [6, 6.07) is 0. The van der Waals surface area contributed by atoms with Crippen LogP contribution in [0.15, 0.2) is 0 Å². The van der Waals surface area contributed by atoms with Crippen LogP contribution in [0.2, 0.25) is 0 Å². The lowest BCUT2D eigenvalue weighted by molar-refractivity contribution is -0.376. The lowest BCUT2D eigenvalue weighted by Crippen LogP contribution is -2.78. The molecule has 2 unspecified atom stereocenters. The summed E-state index contributed by atoms with van der Waals surface area (Å²) in [5, 5.41) is 7.74. The third kappa shape index (κ3) is 3.77. The molecule has 0 aromatic carbocycles. The first kappa shape index (κ1) is 24.1. The van der Waals surface area contributed by atoms with Gasteiger partial charge in [-0.15, -0.1) is 0 Å². The maximum Gasteiger partial charge on any atom is 0.203 e. The van der Waals surface area contributed by atoms with Crippen molar-refractivity contribution in [2.75, 3.05) is 55.8 Å². The molecule has 10 heteroatoms. The van der Waals surface area contributed by atoms with Crippen LogP contribution in [0.5, 0.6) is 0 Å². The first-order valence-corrected chi connectivity index (χ1v) is 9.75. The Bertz CT molecular complexity index is 350. The second-order valence-electron chi connectivity index (χ2n) is 5.96. The van der Waals surface area contributed by atoms with Gasteiger partial charge >= 0.3 is 0 Å². The number of aliphatic hydroxyl groups is 1. The first-order valence-electron chi connectivity index (χ1n) is 7.75. The fourth-order valence-corrected chi connectivity index (χ4v) is 5.50. The van der Waals surface area contributed by atoms with Gasteiger partial charge in [0.15, 0.2) is 10.7 Å². The molecule has 0 aliphatic heterocycles. The van der Waals surface area contributed by atoms with Crippen LogP contribution < -0.4 is 0 Å². The van der Waals surface area contributed by atoms with Crippen molar-refractivity contribution in [1.29, 1.82) is 0 Å². The maximum absolute atomic E-state index is 9.69. The van der Waals surface area contributed by atoms with Crippen molar-refractivity contribution in [3.8, 4) is 0 Å². The molecule has 0 aliphatic carbocycles. The Morgan fingerprint density at radius 2 is 1.00 bits per heavy atom. The average molecular weight is 386 g/mol. The number of aliphatic hydroxyl groups excluding tert-OH is 1. The molecule has 0 fully saturated rings. The van der Waals surface area contributed by atoms with E-state index in [0.717, 1.165) is 0 Å². The Balaban J connectivity index is 6.42. The molecule has 0 aromatic rings. The third-order valence-corrected chi connectivity index (χ3v) is 9.10. The van der Waals surface area contributed by atoms with E-state index in [1.54, 1.807) is 56.5 Å². The van der Waals surface area contributed by atoms with Gasteiger partial charge in [0.25, 0.3) is 0 Å². The lowest BCUT2D eigenvalue weighted by atomic mass is 10.1.